The van der Waals surface area contributed by atoms with Gasteiger partial charge in [0, 0.05) is 0 Å². The highest BCUT2D eigenvalue weighted by Gasteiger charge is 2.58. The van der Waals surface area contributed by atoms with Gasteiger partial charge in [0.05, 0.1) is 6.61 Å². The maximum Gasteiger partial charge on any atom is 0.164 e. The van der Waals surface area contributed by atoms with Crippen LogP contribution in [0.4, 0.5) is 0 Å². The van der Waals surface area contributed by atoms with Gasteiger partial charge in [-0.2, -0.15) is 5.48 Å². The molecule has 7 heteroatoms. The highest BCUT2D eigenvalue weighted by Crippen LogP contribution is 2.41. The van der Waals surface area contributed by atoms with Gasteiger partial charge in [-0.15, -0.1) is 0 Å². The molecule has 0 spiro atoms. The number of ether oxygens (including phenoxy) is 5. The molecular weight excluding hydrogens is 254 g/mol. The third kappa shape index (κ3) is 2.40. The number of hydrogen-bond donors (Lipinski definition) is 2. The van der Waals surface area contributed by atoms with Crippen LogP contribution in [0.25, 0.3) is 0 Å². The van der Waals surface area contributed by atoms with Crippen LogP contribution in [0.3, 0.4) is 0 Å². The fourth-order valence-corrected chi connectivity index (χ4v) is 2.91. The molecule has 3 aliphatic rings. The first-order valence-electron chi connectivity index (χ1n) is 6.54. The topological polar surface area (TPSA) is 78.4 Å². The fourth-order valence-electron chi connectivity index (χ4n) is 2.91. The zero-order valence-corrected chi connectivity index (χ0v) is 11.6. The maximum atomic E-state index is 9.16. The van der Waals surface area contributed by atoms with Gasteiger partial charge in [-0.3, -0.25) is 0 Å². The molecule has 2 N–H and O–H groups in total. The fraction of sp³-hybridized carbons (Fsp3) is 1.00. The molecule has 7 nitrogen and oxygen atoms in total. The van der Waals surface area contributed by atoms with Gasteiger partial charge >= 0.3 is 0 Å². The maximum absolute atomic E-state index is 9.16. The number of hydroxylamine groups is 1. The lowest BCUT2D eigenvalue weighted by Crippen LogP contribution is -2.40. The molecule has 5 atom stereocenters. The van der Waals surface area contributed by atoms with Crippen LogP contribution in [0.5, 0.6) is 0 Å². The van der Waals surface area contributed by atoms with Crippen LogP contribution < -0.4 is 5.48 Å². The molecular formula is C12H21NO6. The molecule has 0 amide bonds. The Kier molecular flexibility index (Phi) is 3.14. The van der Waals surface area contributed by atoms with E-state index in [0.717, 1.165) is 0 Å². The normalized spacial score (nSPS) is 47.5. The van der Waals surface area contributed by atoms with Gasteiger partial charge in [-0.25, -0.2) is 0 Å². The molecule has 0 bridgehead atoms. The molecule has 110 valence electrons. The number of fused-ring (bicyclic) bond motifs is 1. The van der Waals surface area contributed by atoms with Gasteiger partial charge in [-0.05, 0) is 27.7 Å². The Morgan fingerprint density at radius 2 is 1.63 bits per heavy atom. The van der Waals surface area contributed by atoms with E-state index >= 15 is 0 Å². The van der Waals surface area contributed by atoms with Crippen molar-refractivity contribution in [2.45, 2.75) is 69.9 Å². The second-order valence-electron chi connectivity index (χ2n) is 6.08. The Labute approximate surface area is 112 Å². The third-order valence-corrected chi connectivity index (χ3v) is 3.61. The molecule has 0 aromatic carbocycles. The summed E-state index contributed by atoms with van der Waals surface area (Å²) >= 11 is 0. The highest BCUT2D eigenvalue weighted by atomic mass is 16.8. The van der Waals surface area contributed by atoms with Crippen molar-refractivity contribution in [2.24, 2.45) is 0 Å². The van der Waals surface area contributed by atoms with Crippen molar-refractivity contribution < 1.29 is 28.9 Å². The molecule has 3 saturated heterocycles. The molecule has 0 aromatic rings. The molecule has 3 heterocycles. The molecule has 0 aromatic heterocycles. The van der Waals surface area contributed by atoms with E-state index in [9.17, 15) is 0 Å². The van der Waals surface area contributed by atoms with Gasteiger partial charge in [-0.1, -0.05) is 0 Å². The van der Waals surface area contributed by atoms with Gasteiger partial charge in [0.15, 0.2) is 17.8 Å². The second kappa shape index (κ2) is 4.36. The standard InChI is InChI=1S/C12H21NO6/c1-11(2)15-5-6(17-11)7-8-9(10(13-14)16-7)19-12(3,4)18-8/h6-10,13-14H,5H2,1-4H3/t6-,7-,8+,9+,10?/m1/s1. The second-order valence-corrected chi connectivity index (χ2v) is 6.08. The van der Waals surface area contributed by atoms with Crippen molar-refractivity contribution in [3.63, 3.8) is 0 Å². The summed E-state index contributed by atoms with van der Waals surface area (Å²) in [6, 6.07) is 0. The van der Waals surface area contributed by atoms with Crippen molar-refractivity contribution in [2.75, 3.05) is 6.61 Å². The lowest BCUT2D eigenvalue weighted by atomic mass is 10.1. The van der Waals surface area contributed by atoms with Crippen LogP contribution >= 0.6 is 0 Å². The molecule has 0 radical (unpaired) electrons. The van der Waals surface area contributed by atoms with Crippen molar-refractivity contribution in [1.82, 2.24) is 5.48 Å². The summed E-state index contributed by atoms with van der Waals surface area (Å²) in [6.07, 6.45) is -1.85. The van der Waals surface area contributed by atoms with Gasteiger partial charge in [0.1, 0.15) is 24.4 Å². The monoisotopic (exact) mass is 275 g/mol. The molecule has 0 saturated carbocycles. The summed E-state index contributed by atoms with van der Waals surface area (Å²) < 4.78 is 28.7. The lowest BCUT2D eigenvalue weighted by Gasteiger charge is -2.26. The predicted molar refractivity (Wildman–Crippen MR) is 62.3 cm³/mol. The summed E-state index contributed by atoms with van der Waals surface area (Å²) in [5.41, 5.74) is 2.12. The van der Waals surface area contributed by atoms with Crippen LogP contribution in [0, 0.1) is 0 Å². The van der Waals surface area contributed by atoms with Crippen LogP contribution in [0.15, 0.2) is 0 Å². The van der Waals surface area contributed by atoms with E-state index in [1.807, 2.05) is 27.7 Å². The summed E-state index contributed by atoms with van der Waals surface area (Å²) in [7, 11) is 0. The van der Waals surface area contributed by atoms with Crippen molar-refractivity contribution in [3.8, 4) is 0 Å². The van der Waals surface area contributed by atoms with Gasteiger partial charge in [0.2, 0.25) is 0 Å². The van der Waals surface area contributed by atoms with Crippen LogP contribution in [0.2, 0.25) is 0 Å². The first-order chi connectivity index (χ1) is 8.81. The summed E-state index contributed by atoms with van der Waals surface area (Å²) in [4.78, 5) is 0. The first-order valence-corrected chi connectivity index (χ1v) is 6.54. The molecule has 1 unspecified atom stereocenters. The number of hydrogen-bond acceptors (Lipinski definition) is 7. The average Bonchev–Trinajstić information content (AvgIpc) is 2.89. The lowest BCUT2D eigenvalue weighted by molar-refractivity contribution is -0.218. The Morgan fingerprint density at radius 3 is 2.21 bits per heavy atom. The quantitative estimate of drug-likeness (QED) is 0.704. The minimum atomic E-state index is -0.693. The smallest absolute Gasteiger partial charge is 0.164 e. The summed E-state index contributed by atoms with van der Waals surface area (Å²) in [5.74, 6) is -1.31. The Bertz CT molecular complexity index is 360. The van der Waals surface area contributed by atoms with E-state index in [1.54, 1.807) is 0 Å². The zero-order valence-electron chi connectivity index (χ0n) is 11.6. The number of nitrogens with one attached hydrogen (secondary N) is 1. The van der Waals surface area contributed by atoms with Crippen molar-refractivity contribution >= 4 is 0 Å². The van der Waals surface area contributed by atoms with Crippen molar-refractivity contribution in [1.29, 1.82) is 0 Å². The highest BCUT2D eigenvalue weighted by molar-refractivity contribution is 5.00. The largest absolute Gasteiger partial charge is 0.350 e. The molecule has 19 heavy (non-hydrogen) atoms. The number of rotatable bonds is 2. The van der Waals surface area contributed by atoms with Crippen LogP contribution in [-0.2, 0) is 23.7 Å². The van der Waals surface area contributed by atoms with E-state index in [-0.39, 0.29) is 24.4 Å². The van der Waals surface area contributed by atoms with Crippen LogP contribution in [0.1, 0.15) is 27.7 Å². The van der Waals surface area contributed by atoms with Crippen LogP contribution in [-0.4, -0.2) is 54.0 Å². The predicted octanol–water partition coefficient (Wildman–Crippen LogP) is 0.362. The zero-order chi connectivity index (χ0) is 13.8. The van der Waals surface area contributed by atoms with E-state index < -0.39 is 17.8 Å². The van der Waals surface area contributed by atoms with E-state index in [1.165, 1.54) is 0 Å². The molecule has 3 rings (SSSR count). The van der Waals surface area contributed by atoms with E-state index in [4.69, 9.17) is 28.9 Å². The van der Waals surface area contributed by atoms with Crippen molar-refractivity contribution in [3.05, 3.63) is 0 Å². The Hall–Kier alpha value is -0.280. The van der Waals surface area contributed by atoms with Gasteiger partial charge < -0.3 is 28.9 Å². The molecule has 3 aliphatic heterocycles. The first kappa shape index (κ1) is 13.7. The summed E-state index contributed by atoms with van der Waals surface area (Å²) in [6.45, 7) is 7.83. The molecule has 0 aliphatic carbocycles. The minimum absolute atomic E-state index is 0.238. The van der Waals surface area contributed by atoms with E-state index in [0.29, 0.717) is 6.61 Å². The third-order valence-electron chi connectivity index (χ3n) is 3.61. The summed E-state index contributed by atoms with van der Waals surface area (Å²) in [5, 5.41) is 9.16. The molecule has 3 fully saturated rings. The Balaban J connectivity index is 1.76. The SMILES string of the molecule is CC1(C)O[C@H]2[C@@H]([C@H]3COC(C)(C)O3)OC(NO)[C@H]2O1. The van der Waals surface area contributed by atoms with E-state index in [2.05, 4.69) is 5.48 Å². The van der Waals surface area contributed by atoms with Gasteiger partial charge in [0.25, 0.3) is 0 Å². The minimum Gasteiger partial charge on any atom is -0.350 e. The average molecular weight is 275 g/mol. The Morgan fingerprint density at radius 1 is 0.947 bits per heavy atom.